The van der Waals surface area contributed by atoms with Gasteiger partial charge in [-0.3, -0.25) is 4.79 Å². The van der Waals surface area contributed by atoms with Crippen molar-refractivity contribution in [2.24, 2.45) is 0 Å². The maximum Gasteiger partial charge on any atom is 0.236 e. The van der Waals surface area contributed by atoms with Crippen LogP contribution in [0.1, 0.15) is 0 Å². The van der Waals surface area contributed by atoms with Crippen LogP contribution >= 0.6 is 23.1 Å². The molecule has 1 N–H and O–H groups in total. The first-order valence-corrected chi connectivity index (χ1v) is 10.6. The van der Waals surface area contributed by atoms with Crippen molar-refractivity contribution in [2.45, 2.75) is 5.16 Å². The van der Waals surface area contributed by atoms with E-state index in [1.165, 1.54) is 23.1 Å². The molecule has 9 heteroatoms. The number of nitrogens with one attached hydrogen (secondary N) is 1. The minimum absolute atomic E-state index is 0.148. The van der Waals surface area contributed by atoms with E-state index in [1.807, 2.05) is 66.7 Å². The first-order chi connectivity index (χ1) is 14.3. The monoisotopic (exact) mass is 418 g/mol. The highest BCUT2D eigenvalue weighted by Gasteiger charge is 2.13. The second-order valence-corrected chi connectivity index (χ2v) is 8.13. The van der Waals surface area contributed by atoms with E-state index in [0.717, 1.165) is 21.5 Å². The van der Waals surface area contributed by atoms with Crippen molar-refractivity contribution >= 4 is 50.0 Å². The van der Waals surface area contributed by atoms with Gasteiger partial charge in [-0.1, -0.05) is 65.6 Å². The maximum atomic E-state index is 12.4. The van der Waals surface area contributed by atoms with Crippen LogP contribution in [0.2, 0.25) is 0 Å². The second kappa shape index (κ2) is 7.61. The van der Waals surface area contributed by atoms with E-state index < -0.39 is 0 Å². The maximum absolute atomic E-state index is 12.4. The first kappa shape index (κ1) is 17.8. The Morgan fingerprint density at radius 1 is 1.00 bits per heavy atom. The summed E-state index contributed by atoms with van der Waals surface area (Å²) in [5.74, 6) is 0.0403. The molecule has 0 spiro atoms. The molecule has 3 aromatic heterocycles. The molecule has 142 valence electrons. The Morgan fingerprint density at radius 2 is 1.83 bits per heavy atom. The van der Waals surface area contributed by atoms with Gasteiger partial charge in [0.25, 0.3) is 0 Å². The molecule has 5 aromatic rings. The highest BCUT2D eigenvalue weighted by atomic mass is 32.2. The van der Waals surface area contributed by atoms with Crippen LogP contribution in [0.5, 0.6) is 0 Å². The molecule has 0 aliphatic carbocycles. The van der Waals surface area contributed by atoms with Crippen LogP contribution in [-0.4, -0.2) is 36.5 Å². The summed E-state index contributed by atoms with van der Waals surface area (Å²) in [5, 5.41) is 16.9. The van der Waals surface area contributed by atoms with Crippen molar-refractivity contribution in [3.05, 3.63) is 66.7 Å². The molecule has 5 rings (SSSR count). The molecule has 0 saturated heterocycles. The molecular formula is C20H14N6OS2. The molecule has 0 aliphatic heterocycles. The zero-order valence-electron chi connectivity index (χ0n) is 15.0. The lowest BCUT2D eigenvalue weighted by Gasteiger charge is -2.03. The highest BCUT2D eigenvalue weighted by Crippen LogP contribution is 2.26. The highest BCUT2D eigenvalue weighted by molar-refractivity contribution is 7.99. The van der Waals surface area contributed by atoms with Crippen molar-refractivity contribution < 1.29 is 4.79 Å². The molecule has 2 aromatic carbocycles. The van der Waals surface area contributed by atoms with Gasteiger partial charge in [0.2, 0.25) is 11.1 Å². The van der Waals surface area contributed by atoms with Crippen LogP contribution in [0.3, 0.4) is 0 Å². The van der Waals surface area contributed by atoms with Crippen molar-refractivity contribution in [3.8, 4) is 11.3 Å². The number of hydrogen-bond donors (Lipinski definition) is 1. The van der Waals surface area contributed by atoms with Gasteiger partial charge in [-0.05, 0) is 24.3 Å². The third-order valence-electron chi connectivity index (χ3n) is 4.18. The number of rotatable bonds is 5. The fourth-order valence-electron chi connectivity index (χ4n) is 2.83. The lowest BCUT2D eigenvalue weighted by molar-refractivity contribution is -0.113. The topological polar surface area (TPSA) is 85.1 Å². The molecule has 7 nitrogen and oxygen atoms in total. The largest absolute Gasteiger partial charge is 0.301 e. The lowest BCUT2D eigenvalue weighted by Crippen LogP contribution is -2.14. The fraction of sp³-hybridized carbons (Fsp3) is 0.0500. The molecule has 0 unspecified atom stereocenters. The van der Waals surface area contributed by atoms with Gasteiger partial charge in [0.15, 0.2) is 10.8 Å². The van der Waals surface area contributed by atoms with E-state index in [1.54, 1.807) is 4.52 Å². The quantitative estimate of drug-likeness (QED) is 0.432. The van der Waals surface area contributed by atoms with Gasteiger partial charge in [0.1, 0.15) is 0 Å². The van der Waals surface area contributed by atoms with E-state index >= 15 is 0 Å². The molecular weight excluding hydrogens is 404 g/mol. The Hall–Kier alpha value is -3.30. The number of hydrogen-bond acceptors (Lipinski definition) is 7. The number of benzene rings is 2. The van der Waals surface area contributed by atoms with Crippen LogP contribution in [-0.2, 0) is 4.79 Å². The number of thiazole rings is 1. The lowest BCUT2D eigenvalue weighted by atomic mass is 10.1. The summed E-state index contributed by atoms with van der Waals surface area (Å²) in [5.41, 5.74) is 3.34. The summed E-state index contributed by atoms with van der Waals surface area (Å²) in [6.07, 6.45) is 0. The number of aromatic nitrogens is 5. The summed E-state index contributed by atoms with van der Waals surface area (Å²) in [6, 6.07) is 21.5. The van der Waals surface area contributed by atoms with Gasteiger partial charge >= 0.3 is 0 Å². The zero-order chi connectivity index (χ0) is 19.6. The zero-order valence-corrected chi connectivity index (χ0v) is 16.7. The van der Waals surface area contributed by atoms with Gasteiger partial charge in [0.05, 0.1) is 21.7 Å². The number of carbonyl (C=O) groups is 1. The van der Waals surface area contributed by atoms with Crippen LogP contribution in [0.25, 0.3) is 27.1 Å². The number of fused-ring (bicyclic) bond motifs is 2. The van der Waals surface area contributed by atoms with Crippen molar-refractivity contribution in [1.29, 1.82) is 0 Å². The van der Waals surface area contributed by atoms with Crippen molar-refractivity contribution in [3.63, 3.8) is 0 Å². The van der Waals surface area contributed by atoms with Gasteiger partial charge in [-0.25, -0.2) is 4.98 Å². The molecule has 1 amide bonds. The van der Waals surface area contributed by atoms with E-state index in [0.29, 0.717) is 15.9 Å². The minimum atomic E-state index is -0.148. The smallest absolute Gasteiger partial charge is 0.236 e. The van der Waals surface area contributed by atoms with Crippen molar-refractivity contribution in [2.75, 3.05) is 11.1 Å². The number of para-hydroxylation sites is 1. The Kier molecular flexibility index (Phi) is 4.66. The Labute approximate surface area is 173 Å². The fourth-order valence-corrected chi connectivity index (χ4v) is 4.40. The molecule has 0 fully saturated rings. The molecule has 0 radical (unpaired) electrons. The second-order valence-electron chi connectivity index (χ2n) is 6.16. The molecule has 0 saturated carbocycles. The Morgan fingerprint density at radius 3 is 2.69 bits per heavy atom. The van der Waals surface area contributed by atoms with Gasteiger partial charge in [-0.15, -0.1) is 10.2 Å². The van der Waals surface area contributed by atoms with E-state index in [9.17, 15) is 4.79 Å². The van der Waals surface area contributed by atoms with Crippen LogP contribution in [0.15, 0.2) is 71.9 Å². The predicted octanol–water partition coefficient (Wildman–Crippen LogP) is 4.13. The average Bonchev–Trinajstić information content (AvgIpc) is 3.35. The number of amides is 1. The number of anilines is 1. The summed E-state index contributed by atoms with van der Waals surface area (Å²) >= 11 is 2.74. The van der Waals surface area contributed by atoms with Crippen LogP contribution < -0.4 is 5.32 Å². The van der Waals surface area contributed by atoms with Gasteiger partial charge in [0, 0.05) is 5.56 Å². The van der Waals surface area contributed by atoms with Crippen molar-refractivity contribution in [1.82, 2.24) is 24.8 Å². The Balaban J connectivity index is 1.31. The average molecular weight is 419 g/mol. The van der Waals surface area contributed by atoms with Crippen LogP contribution in [0.4, 0.5) is 5.13 Å². The molecule has 0 atom stereocenters. The summed E-state index contributed by atoms with van der Waals surface area (Å²) in [6.45, 7) is 0. The van der Waals surface area contributed by atoms with E-state index in [2.05, 4.69) is 25.6 Å². The van der Waals surface area contributed by atoms with Gasteiger partial charge in [-0.2, -0.15) is 9.61 Å². The molecule has 0 bridgehead atoms. The summed E-state index contributed by atoms with van der Waals surface area (Å²) < 4.78 is 2.70. The number of carbonyl (C=O) groups excluding carboxylic acids is 1. The third-order valence-corrected chi connectivity index (χ3v) is 6.05. The standard InChI is InChI=1S/C20H14N6OS2/c27-18(22-19-21-15-8-4-5-9-16(15)29-19)12-28-20-24-23-17-11-10-14(25-26(17)20)13-6-2-1-3-7-13/h1-11H,12H2,(H,21,22,27). The molecule has 29 heavy (non-hydrogen) atoms. The number of nitrogens with zero attached hydrogens (tertiary/aromatic N) is 5. The Bertz CT molecular complexity index is 1280. The van der Waals surface area contributed by atoms with E-state index in [4.69, 9.17) is 0 Å². The van der Waals surface area contributed by atoms with Gasteiger partial charge < -0.3 is 5.32 Å². The minimum Gasteiger partial charge on any atom is -0.301 e. The normalized spacial score (nSPS) is 11.2. The third kappa shape index (κ3) is 3.69. The summed E-state index contributed by atoms with van der Waals surface area (Å²) in [4.78, 5) is 16.8. The summed E-state index contributed by atoms with van der Waals surface area (Å²) in [7, 11) is 0. The van der Waals surface area contributed by atoms with E-state index in [-0.39, 0.29) is 11.7 Å². The van der Waals surface area contributed by atoms with Crippen LogP contribution in [0, 0.1) is 0 Å². The molecule has 3 heterocycles. The first-order valence-electron chi connectivity index (χ1n) is 8.82. The predicted molar refractivity (Wildman–Crippen MR) is 115 cm³/mol. The SMILES string of the molecule is O=C(CSc1nnc2ccc(-c3ccccc3)nn12)Nc1nc2ccccc2s1. The molecule has 0 aliphatic rings. The number of thioether (sulfide) groups is 1.